The Kier molecular flexibility index (Phi) is 4.10. The third-order valence-electron chi connectivity index (χ3n) is 3.12. The summed E-state index contributed by atoms with van der Waals surface area (Å²) in [6, 6.07) is 10.6. The van der Waals surface area contributed by atoms with Gasteiger partial charge in [0.25, 0.3) is 0 Å². The Morgan fingerprint density at radius 2 is 1.86 bits per heavy atom. The van der Waals surface area contributed by atoms with E-state index >= 15 is 0 Å². The van der Waals surface area contributed by atoms with Crippen LogP contribution < -0.4 is 0 Å². The minimum absolute atomic E-state index is 0.112. The largest absolute Gasteiger partial charge is 0.223 e. The first-order valence-electron chi connectivity index (χ1n) is 6.31. The topological polar surface area (TPSA) is 57.9 Å². The van der Waals surface area contributed by atoms with Gasteiger partial charge >= 0.3 is 0 Å². The van der Waals surface area contributed by atoms with Crippen LogP contribution >= 0.6 is 0 Å². The van der Waals surface area contributed by atoms with Gasteiger partial charge in [-0.1, -0.05) is 12.1 Å². The molecule has 0 aromatic heterocycles. The monoisotopic (exact) mass is 303 g/mol. The fraction of sp³-hybridized carbons (Fsp3) is 0.188. The first kappa shape index (κ1) is 15.2. The van der Waals surface area contributed by atoms with E-state index < -0.39 is 15.7 Å². The molecule has 21 heavy (non-hydrogen) atoms. The zero-order valence-corrected chi connectivity index (χ0v) is 12.5. The van der Waals surface area contributed by atoms with Crippen LogP contribution in [0.2, 0.25) is 0 Å². The Morgan fingerprint density at radius 3 is 2.52 bits per heavy atom. The van der Waals surface area contributed by atoms with Gasteiger partial charge in [0, 0.05) is 0 Å². The van der Waals surface area contributed by atoms with Crippen molar-refractivity contribution in [3.63, 3.8) is 0 Å². The molecule has 108 valence electrons. The van der Waals surface area contributed by atoms with Gasteiger partial charge < -0.3 is 0 Å². The SMILES string of the molecule is Cc1ccc(C)c(S(=O)(=O)Cc2cc(F)cc(C#N)c2)c1. The van der Waals surface area contributed by atoms with Crippen molar-refractivity contribution in [2.45, 2.75) is 24.5 Å². The summed E-state index contributed by atoms with van der Waals surface area (Å²) in [5.41, 5.74) is 1.88. The molecule has 0 aliphatic carbocycles. The Balaban J connectivity index is 2.45. The third kappa shape index (κ3) is 3.47. The zero-order valence-electron chi connectivity index (χ0n) is 11.7. The van der Waals surface area contributed by atoms with Gasteiger partial charge in [0.05, 0.1) is 22.3 Å². The standard InChI is InChI=1S/C16H14FNO2S/c1-11-3-4-12(2)16(5-11)21(19,20)10-14-6-13(9-18)7-15(17)8-14/h3-8H,10H2,1-2H3. The maximum Gasteiger partial charge on any atom is 0.182 e. The highest BCUT2D eigenvalue weighted by molar-refractivity contribution is 7.90. The first-order chi connectivity index (χ1) is 9.81. The van der Waals surface area contributed by atoms with Crippen LogP contribution in [0.5, 0.6) is 0 Å². The van der Waals surface area contributed by atoms with Crippen molar-refractivity contribution in [2.24, 2.45) is 0 Å². The predicted octanol–water partition coefficient (Wildman–Crippen LogP) is 3.29. The molecule has 0 saturated heterocycles. The Morgan fingerprint density at radius 1 is 1.14 bits per heavy atom. The second-order valence-corrected chi connectivity index (χ2v) is 6.95. The summed E-state index contributed by atoms with van der Waals surface area (Å²) < 4.78 is 38.4. The number of benzene rings is 2. The second kappa shape index (κ2) is 5.66. The maximum absolute atomic E-state index is 13.4. The highest BCUT2D eigenvalue weighted by Crippen LogP contribution is 2.22. The van der Waals surface area contributed by atoms with Crippen molar-refractivity contribution in [3.05, 3.63) is 64.5 Å². The summed E-state index contributed by atoms with van der Waals surface area (Å²) in [5, 5.41) is 8.82. The summed E-state index contributed by atoms with van der Waals surface area (Å²) in [4.78, 5) is 0.241. The molecule has 5 heteroatoms. The molecule has 2 aromatic carbocycles. The number of hydrogen-bond acceptors (Lipinski definition) is 3. The van der Waals surface area contributed by atoms with Gasteiger partial charge in [0.2, 0.25) is 0 Å². The fourth-order valence-electron chi connectivity index (χ4n) is 2.14. The highest BCUT2D eigenvalue weighted by Gasteiger charge is 2.18. The van der Waals surface area contributed by atoms with Crippen molar-refractivity contribution < 1.29 is 12.8 Å². The van der Waals surface area contributed by atoms with E-state index in [1.807, 2.05) is 19.1 Å². The van der Waals surface area contributed by atoms with Gasteiger partial charge in [-0.05, 0) is 54.8 Å². The molecule has 0 heterocycles. The van der Waals surface area contributed by atoms with E-state index in [9.17, 15) is 12.8 Å². The summed E-state index contributed by atoms with van der Waals surface area (Å²) in [7, 11) is -3.58. The molecular formula is C16H14FNO2S. The minimum atomic E-state index is -3.58. The van der Waals surface area contributed by atoms with E-state index in [-0.39, 0.29) is 21.8 Å². The van der Waals surface area contributed by atoms with Gasteiger partial charge in [-0.2, -0.15) is 5.26 Å². The molecule has 0 aliphatic rings. The number of aryl methyl sites for hydroxylation is 2. The van der Waals surface area contributed by atoms with E-state index in [0.29, 0.717) is 5.56 Å². The molecule has 0 amide bonds. The van der Waals surface area contributed by atoms with Crippen LogP contribution in [0.25, 0.3) is 0 Å². The van der Waals surface area contributed by atoms with Crippen molar-refractivity contribution in [2.75, 3.05) is 0 Å². The molecule has 0 unspecified atom stereocenters. The van der Waals surface area contributed by atoms with Gasteiger partial charge in [0.1, 0.15) is 5.82 Å². The lowest BCUT2D eigenvalue weighted by Gasteiger charge is -2.09. The summed E-state index contributed by atoms with van der Waals surface area (Å²) in [6.45, 7) is 3.53. The van der Waals surface area contributed by atoms with E-state index in [1.165, 1.54) is 6.07 Å². The van der Waals surface area contributed by atoms with Gasteiger partial charge in [-0.15, -0.1) is 0 Å². The molecule has 0 atom stereocenters. The van der Waals surface area contributed by atoms with Gasteiger partial charge in [-0.25, -0.2) is 12.8 Å². The lowest BCUT2D eigenvalue weighted by molar-refractivity contribution is 0.594. The average molecular weight is 303 g/mol. The minimum Gasteiger partial charge on any atom is -0.223 e. The Hall–Kier alpha value is -2.19. The molecule has 2 rings (SSSR count). The van der Waals surface area contributed by atoms with Crippen LogP contribution in [0.15, 0.2) is 41.3 Å². The molecule has 0 bridgehead atoms. The number of nitrogens with zero attached hydrogens (tertiary/aromatic N) is 1. The molecule has 2 aromatic rings. The van der Waals surface area contributed by atoms with E-state index in [0.717, 1.165) is 17.7 Å². The predicted molar refractivity (Wildman–Crippen MR) is 77.9 cm³/mol. The first-order valence-corrected chi connectivity index (χ1v) is 7.96. The molecule has 0 fully saturated rings. The second-order valence-electron chi connectivity index (χ2n) is 4.99. The number of sulfone groups is 1. The molecule has 0 aliphatic heterocycles. The van der Waals surface area contributed by atoms with Crippen molar-refractivity contribution in [3.8, 4) is 6.07 Å². The lowest BCUT2D eigenvalue weighted by Crippen LogP contribution is -2.07. The smallest absolute Gasteiger partial charge is 0.182 e. The van der Waals surface area contributed by atoms with Crippen LogP contribution in [0, 0.1) is 31.0 Å². The van der Waals surface area contributed by atoms with Crippen LogP contribution in [-0.2, 0) is 15.6 Å². The van der Waals surface area contributed by atoms with Crippen LogP contribution in [-0.4, -0.2) is 8.42 Å². The molecule has 0 spiro atoms. The summed E-state index contributed by atoms with van der Waals surface area (Å²) in [5.74, 6) is -0.941. The van der Waals surface area contributed by atoms with Crippen molar-refractivity contribution in [1.82, 2.24) is 0 Å². The lowest BCUT2D eigenvalue weighted by atomic mass is 10.1. The highest BCUT2D eigenvalue weighted by atomic mass is 32.2. The maximum atomic E-state index is 13.4. The number of halogens is 1. The molecule has 0 N–H and O–H groups in total. The van der Waals surface area contributed by atoms with Crippen LogP contribution in [0.4, 0.5) is 4.39 Å². The molecular weight excluding hydrogens is 289 g/mol. The zero-order chi connectivity index (χ0) is 15.6. The number of nitriles is 1. The van der Waals surface area contributed by atoms with E-state index in [4.69, 9.17) is 5.26 Å². The van der Waals surface area contributed by atoms with Crippen molar-refractivity contribution >= 4 is 9.84 Å². The number of rotatable bonds is 3. The fourth-order valence-corrected chi connectivity index (χ4v) is 3.82. The van der Waals surface area contributed by atoms with Gasteiger partial charge in [0.15, 0.2) is 9.84 Å². The van der Waals surface area contributed by atoms with E-state index in [2.05, 4.69) is 0 Å². The van der Waals surface area contributed by atoms with Crippen LogP contribution in [0.1, 0.15) is 22.3 Å². The summed E-state index contributed by atoms with van der Waals surface area (Å²) in [6.07, 6.45) is 0. The third-order valence-corrected chi connectivity index (χ3v) is 4.95. The number of hydrogen-bond donors (Lipinski definition) is 0. The Labute approximate surface area is 123 Å². The normalized spacial score (nSPS) is 11.1. The van der Waals surface area contributed by atoms with E-state index in [1.54, 1.807) is 19.1 Å². The molecule has 0 radical (unpaired) electrons. The van der Waals surface area contributed by atoms with Crippen molar-refractivity contribution in [1.29, 1.82) is 5.26 Å². The Bertz CT molecular complexity index is 836. The quantitative estimate of drug-likeness (QED) is 0.874. The average Bonchev–Trinajstić information content (AvgIpc) is 2.40. The molecule has 0 saturated carbocycles. The summed E-state index contributed by atoms with van der Waals surface area (Å²) >= 11 is 0. The van der Waals surface area contributed by atoms with Crippen LogP contribution in [0.3, 0.4) is 0 Å². The molecule has 3 nitrogen and oxygen atoms in total. The van der Waals surface area contributed by atoms with Gasteiger partial charge in [-0.3, -0.25) is 0 Å².